The average Bonchev–Trinajstić information content (AvgIpc) is 3.30. The summed E-state index contributed by atoms with van der Waals surface area (Å²) in [5.74, 6) is -0.694. The topological polar surface area (TPSA) is 84.2 Å². The number of nitrogens with one attached hydrogen (secondary N) is 2. The summed E-state index contributed by atoms with van der Waals surface area (Å²) in [6.45, 7) is 13.7. The van der Waals surface area contributed by atoms with Crippen molar-refractivity contribution in [2.75, 3.05) is 6.61 Å². The third-order valence-corrected chi connectivity index (χ3v) is 4.92. The third-order valence-electron chi connectivity index (χ3n) is 4.92. The number of carbonyl (C=O) groups excluding carboxylic acids is 1. The molecule has 2 aromatic carbocycles. The molecule has 0 aliphatic heterocycles. The van der Waals surface area contributed by atoms with Gasteiger partial charge in [0, 0.05) is 5.39 Å². The Labute approximate surface area is 177 Å². The molecular weight excluding hydrogens is 392 g/mol. The summed E-state index contributed by atoms with van der Waals surface area (Å²) >= 11 is 0. The monoisotopic (exact) mass is 412 g/mol. The van der Waals surface area contributed by atoms with Crippen molar-refractivity contribution in [2.45, 2.75) is 13.3 Å². The van der Waals surface area contributed by atoms with Crippen molar-refractivity contribution < 1.29 is 9.53 Å². The van der Waals surface area contributed by atoms with Gasteiger partial charge in [-0.2, -0.15) is 0 Å². The second-order valence-corrected chi connectivity index (χ2v) is 6.96. The molecule has 7 nitrogen and oxygen atoms in total. The fraction of sp³-hybridized carbons (Fsp3) is 0.125. The fourth-order valence-electron chi connectivity index (χ4n) is 3.53. The molecule has 0 aliphatic rings. The van der Waals surface area contributed by atoms with Gasteiger partial charge in [0.25, 0.3) is 11.3 Å². The number of H-pyrrole nitrogens is 2. The molecule has 0 fully saturated rings. The molecule has 31 heavy (non-hydrogen) atoms. The van der Waals surface area contributed by atoms with Crippen molar-refractivity contribution in [3.63, 3.8) is 0 Å². The summed E-state index contributed by atoms with van der Waals surface area (Å²) in [5.41, 5.74) is 0.240. The molecule has 2 heterocycles. The Morgan fingerprint density at radius 2 is 1.81 bits per heavy atom. The summed E-state index contributed by atoms with van der Waals surface area (Å²) in [6.07, 6.45) is 0.654. The van der Waals surface area contributed by atoms with Crippen LogP contribution < -0.4 is 16.3 Å². The molecule has 7 heteroatoms. The number of hydrogen-bond acceptors (Lipinski definition) is 3. The van der Waals surface area contributed by atoms with E-state index in [1.54, 1.807) is 6.07 Å². The minimum Gasteiger partial charge on any atom is -0.471 e. The molecule has 2 aromatic heterocycles. The molecule has 0 atom stereocenters. The maximum atomic E-state index is 13.3. The van der Waals surface area contributed by atoms with Gasteiger partial charge in [-0.1, -0.05) is 56.0 Å². The lowest BCUT2D eigenvalue weighted by Gasteiger charge is -2.00. The second kappa shape index (κ2) is 8.20. The summed E-state index contributed by atoms with van der Waals surface area (Å²) in [4.78, 5) is 32.3. The molecular formula is C24H20N4O3. The number of ether oxygens (including phenoxy) is 1. The van der Waals surface area contributed by atoms with E-state index in [1.807, 2.05) is 55.5 Å². The van der Waals surface area contributed by atoms with Crippen molar-refractivity contribution in [3.8, 4) is 5.69 Å². The number of fused-ring (bicyclic) bond motifs is 1. The van der Waals surface area contributed by atoms with E-state index in [9.17, 15) is 9.59 Å². The Morgan fingerprint density at radius 3 is 2.48 bits per heavy atom. The second-order valence-electron chi connectivity index (χ2n) is 6.96. The number of aromatic nitrogens is 3. The Kier molecular flexibility index (Phi) is 5.29. The zero-order valence-corrected chi connectivity index (χ0v) is 16.9. The molecule has 0 bridgehead atoms. The lowest BCUT2D eigenvalue weighted by Crippen LogP contribution is -2.17. The molecule has 0 radical (unpaired) electrons. The normalized spacial score (nSPS) is 13.0. The number of carbonyl (C=O) groups is 1. The molecule has 0 unspecified atom stereocenters. The number of nitrogens with zero attached hydrogens (tertiary/aromatic N) is 2. The van der Waals surface area contributed by atoms with Gasteiger partial charge < -0.3 is 9.72 Å². The maximum absolute atomic E-state index is 13.3. The minimum atomic E-state index is -0.694. The average molecular weight is 412 g/mol. The molecule has 0 aliphatic carbocycles. The van der Waals surface area contributed by atoms with Gasteiger partial charge in [-0.15, -0.1) is 0 Å². The highest BCUT2D eigenvalue weighted by Crippen LogP contribution is 2.13. The van der Waals surface area contributed by atoms with E-state index in [4.69, 9.17) is 11.3 Å². The molecule has 4 rings (SSSR count). The van der Waals surface area contributed by atoms with Crippen LogP contribution in [0.5, 0.6) is 0 Å². The van der Waals surface area contributed by atoms with Crippen molar-refractivity contribution in [1.29, 1.82) is 0 Å². The first-order valence-electron chi connectivity index (χ1n) is 9.82. The SMILES string of the molecule is [C-]#[N+]C(C(=O)OCCC)=c1[nH]/c(=c2/c(=C)[nH]n(-c3ccccc3)c2=O)c2ccccc12. The van der Waals surface area contributed by atoms with Crippen LogP contribution in [-0.2, 0) is 9.53 Å². The predicted molar refractivity (Wildman–Crippen MR) is 118 cm³/mol. The van der Waals surface area contributed by atoms with E-state index < -0.39 is 5.97 Å². The van der Waals surface area contributed by atoms with E-state index in [-0.39, 0.29) is 17.9 Å². The van der Waals surface area contributed by atoms with E-state index in [0.717, 1.165) is 0 Å². The van der Waals surface area contributed by atoms with Crippen LogP contribution >= 0.6 is 0 Å². The molecule has 154 valence electrons. The van der Waals surface area contributed by atoms with Crippen LogP contribution in [0.3, 0.4) is 0 Å². The quantitative estimate of drug-likeness (QED) is 0.399. The number of hydrogen-bond donors (Lipinski definition) is 2. The van der Waals surface area contributed by atoms with E-state index in [0.29, 0.717) is 44.1 Å². The lowest BCUT2D eigenvalue weighted by molar-refractivity contribution is -0.136. The summed E-state index contributed by atoms with van der Waals surface area (Å²) < 4.78 is 6.60. The minimum absolute atomic E-state index is 0.152. The van der Waals surface area contributed by atoms with E-state index >= 15 is 0 Å². The Bertz CT molecular complexity index is 1580. The van der Waals surface area contributed by atoms with Gasteiger partial charge in [0.05, 0.1) is 40.1 Å². The Morgan fingerprint density at radius 1 is 1.13 bits per heavy atom. The van der Waals surface area contributed by atoms with Crippen LogP contribution in [0.4, 0.5) is 0 Å². The molecule has 0 amide bonds. The first kappa shape index (κ1) is 20.0. The first-order chi connectivity index (χ1) is 15.1. The van der Waals surface area contributed by atoms with Gasteiger partial charge >= 0.3 is 5.97 Å². The van der Waals surface area contributed by atoms with Crippen molar-refractivity contribution in [3.05, 3.63) is 97.6 Å². The summed E-state index contributed by atoms with van der Waals surface area (Å²) in [6, 6.07) is 16.5. The number of para-hydroxylation sites is 1. The van der Waals surface area contributed by atoms with Crippen LogP contribution in [0.1, 0.15) is 13.3 Å². The van der Waals surface area contributed by atoms with E-state index in [1.165, 1.54) is 4.68 Å². The third kappa shape index (κ3) is 3.45. The standard InChI is InChI=1S/C24H20N4O3/c1-4-14-31-24(30)22(25-3)21-18-13-9-8-12-17(18)20(26-21)19-15(2)27-28(23(19)29)16-10-6-5-7-11-16/h5-13,26-27H,2,4,14H2,1H3/b20-19-,22-21?. The molecule has 2 N–H and O–H groups in total. The van der Waals surface area contributed by atoms with E-state index in [2.05, 4.69) is 21.5 Å². The molecule has 0 saturated heterocycles. The fourth-order valence-corrected chi connectivity index (χ4v) is 3.53. The Hall–Kier alpha value is -4.31. The highest BCUT2D eigenvalue weighted by atomic mass is 16.5. The maximum Gasteiger partial charge on any atom is 0.338 e. The van der Waals surface area contributed by atoms with Gasteiger partial charge in [0.1, 0.15) is 0 Å². The predicted octanol–water partition coefficient (Wildman–Crippen LogP) is 2.32. The van der Waals surface area contributed by atoms with Crippen molar-refractivity contribution >= 4 is 29.0 Å². The van der Waals surface area contributed by atoms with Gasteiger partial charge in [-0.05, 0) is 23.9 Å². The highest BCUT2D eigenvalue weighted by molar-refractivity contribution is 6.13. The van der Waals surface area contributed by atoms with Gasteiger partial charge in [0.2, 0.25) is 0 Å². The van der Waals surface area contributed by atoms with Gasteiger partial charge in [-0.3, -0.25) is 14.7 Å². The number of esters is 1. The molecule has 0 saturated carbocycles. The van der Waals surface area contributed by atoms with Crippen LogP contribution in [0.15, 0.2) is 59.4 Å². The van der Waals surface area contributed by atoms with Gasteiger partial charge in [-0.25, -0.2) is 9.53 Å². The number of aromatic amines is 2. The zero-order chi connectivity index (χ0) is 22.0. The Balaban J connectivity index is 2.15. The van der Waals surface area contributed by atoms with Crippen molar-refractivity contribution in [1.82, 2.24) is 14.8 Å². The van der Waals surface area contributed by atoms with Crippen LogP contribution in [0.2, 0.25) is 0 Å². The van der Waals surface area contributed by atoms with Crippen molar-refractivity contribution in [2.24, 2.45) is 0 Å². The highest BCUT2D eigenvalue weighted by Gasteiger charge is 2.16. The van der Waals surface area contributed by atoms with Gasteiger partial charge in [0.15, 0.2) is 0 Å². The summed E-state index contributed by atoms with van der Waals surface area (Å²) in [5, 5.41) is 5.97. The largest absolute Gasteiger partial charge is 0.471 e. The van der Waals surface area contributed by atoms with Crippen LogP contribution in [-0.4, -0.2) is 27.3 Å². The smallest absolute Gasteiger partial charge is 0.338 e. The molecule has 4 aromatic rings. The first-order valence-corrected chi connectivity index (χ1v) is 9.82. The number of benzene rings is 2. The van der Waals surface area contributed by atoms with Crippen LogP contribution in [0.25, 0.3) is 33.6 Å². The summed E-state index contributed by atoms with van der Waals surface area (Å²) in [7, 11) is 0. The molecule has 0 spiro atoms. The lowest BCUT2D eigenvalue weighted by atomic mass is 10.2. The van der Waals surface area contributed by atoms with Crippen LogP contribution in [0, 0.1) is 17.1 Å². The zero-order valence-electron chi connectivity index (χ0n) is 16.9. The number of rotatable bonds is 4.